The van der Waals surface area contributed by atoms with E-state index in [-0.39, 0.29) is 16.8 Å². The fourth-order valence-corrected chi connectivity index (χ4v) is 4.08. The van der Waals surface area contributed by atoms with Gasteiger partial charge in [-0.15, -0.1) is 0 Å². The van der Waals surface area contributed by atoms with Gasteiger partial charge in [-0.3, -0.25) is 4.79 Å². The summed E-state index contributed by atoms with van der Waals surface area (Å²) in [6.07, 6.45) is 1.25. The van der Waals surface area contributed by atoms with Crippen LogP contribution in [0.5, 0.6) is 0 Å². The minimum atomic E-state index is -3.50. The second-order valence-electron chi connectivity index (χ2n) is 4.84. The second-order valence-corrected chi connectivity index (χ2v) is 7.21. The molecular formula is C13H17ClN2O3S. The lowest BCUT2D eigenvalue weighted by Crippen LogP contribution is -2.45. The molecule has 1 amide bonds. The van der Waals surface area contributed by atoms with Gasteiger partial charge in [0.15, 0.2) is 0 Å². The average molecular weight is 317 g/mol. The van der Waals surface area contributed by atoms with Crippen LogP contribution in [0.1, 0.15) is 19.8 Å². The quantitative estimate of drug-likeness (QED) is 0.921. The van der Waals surface area contributed by atoms with E-state index in [0.29, 0.717) is 31.0 Å². The number of rotatable bonds is 3. The van der Waals surface area contributed by atoms with Crippen LogP contribution in [0, 0.1) is 0 Å². The number of benzene rings is 1. The summed E-state index contributed by atoms with van der Waals surface area (Å²) >= 11 is 5.84. The van der Waals surface area contributed by atoms with Crippen LogP contribution in [0.2, 0.25) is 5.02 Å². The Morgan fingerprint density at radius 1 is 1.35 bits per heavy atom. The number of hydrogen-bond donors (Lipinski definition) is 1. The molecule has 0 spiro atoms. The van der Waals surface area contributed by atoms with Gasteiger partial charge in [0.25, 0.3) is 0 Å². The van der Waals surface area contributed by atoms with E-state index < -0.39 is 10.0 Å². The lowest BCUT2D eigenvalue weighted by atomic mass is 10.1. The minimum absolute atomic E-state index is 0.0540. The van der Waals surface area contributed by atoms with Crippen molar-refractivity contribution in [1.29, 1.82) is 0 Å². The van der Waals surface area contributed by atoms with E-state index in [9.17, 15) is 13.2 Å². The lowest BCUT2D eigenvalue weighted by Gasteiger charge is -2.31. The first-order valence-electron chi connectivity index (χ1n) is 6.42. The fourth-order valence-electron chi connectivity index (χ4n) is 2.30. The largest absolute Gasteiger partial charge is 0.354 e. The first kappa shape index (κ1) is 15.3. The number of piperidine rings is 1. The molecule has 0 saturated carbocycles. The van der Waals surface area contributed by atoms with Crippen molar-refractivity contribution in [2.24, 2.45) is 0 Å². The Labute approximate surface area is 124 Å². The highest BCUT2D eigenvalue weighted by molar-refractivity contribution is 7.89. The van der Waals surface area contributed by atoms with Crippen molar-refractivity contribution >= 4 is 27.5 Å². The predicted molar refractivity (Wildman–Crippen MR) is 77.0 cm³/mol. The van der Waals surface area contributed by atoms with Crippen LogP contribution < -0.4 is 5.32 Å². The highest BCUT2D eigenvalue weighted by Crippen LogP contribution is 2.22. The van der Waals surface area contributed by atoms with Crippen molar-refractivity contribution in [2.75, 3.05) is 13.1 Å². The summed E-state index contributed by atoms with van der Waals surface area (Å²) in [5.74, 6) is -0.0823. The van der Waals surface area contributed by atoms with Crippen molar-refractivity contribution in [3.63, 3.8) is 0 Å². The van der Waals surface area contributed by atoms with E-state index in [2.05, 4.69) is 5.32 Å². The van der Waals surface area contributed by atoms with E-state index in [1.54, 1.807) is 18.2 Å². The summed E-state index contributed by atoms with van der Waals surface area (Å²) in [5.41, 5.74) is 0. The van der Waals surface area contributed by atoms with Gasteiger partial charge >= 0.3 is 0 Å². The van der Waals surface area contributed by atoms with Crippen LogP contribution in [0.15, 0.2) is 29.2 Å². The Kier molecular flexibility index (Phi) is 4.67. The Morgan fingerprint density at radius 3 is 2.55 bits per heavy atom. The summed E-state index contributed by atoms with van der Waals surface area (Å²) in [5, 5.41) is 3.22. The zero-order valence-corrected chi connectivity index (χ0v) is 12.7. The van der Waals surface area contributed by atoms with Gasteiger partial charge in [0, 0.05) is 31.1 Å². The van der Waals surface area contributed by atoms with Crippen LogP contribution in [0.3, 0.4) is 0 Å². The number of nitrogens with zero attached hydrogens (tertiary/aromatic N) is 1. The molecule has 0 bridgehead atoms. The van der Waals surface area contributed by atoms with Crippen LogP contribution >= 0.6 is 11.6 Å². The lowest BCUT2D eigenvalue weighted by molar-refractivity contribution is -0.119. The third-order valence-electron chi connectivity index (χ3n) is 3.30. The molecule has 0 atom stereocenters. The molecule has 1 heterocycles. The summed E-state index contributed by atoms with van der Waals surface area (Å²) in [4.78, 5) is 11.2. The van der Waals surface area contributed by atoms with Gasteiger partial charge in [-0.1, -0.05) is 17.7 Å². The molecule has 1 aromatic rings. The van der Waals surface area contributed by atoms with Gasteiger partial charge in [-0.25, -0.2) is 8.42 Å². The number of carbonyl (C=O) groups excluding carboxylic acids is 1. The van der Waals surface area contributed by atoms with Crippen molar-refractivity contribution in [1.82, 2.24) is 9.62 Å². The molecular weight excluding hydrogens is 300 g/mol. The van der Waals surface area contributed by atoms with Crippen molar-refractivity contribution in [3.8, 4) is 0 Å². The number of amides is 1. The number of nitrogens with one attached hydrogen (secondary N) is 1. The highest BCUT2D eigenvalue weighted by Gasteiger charge is 2.29. The number of halogens is 1. The third-order valence-corrected chi connectivity index (χ3v) is 5.42. The molecule has 1 fully saturated rings. The van der Waals surface area contributed by atoms with Gasteiger partial charge in [0.1, 0.15) is 0 Å². The molecule has 20 heavy (non-hydrogen) atoms. The van der Waals surface area contributed by atoms with Gasteiger partial charge in [0.05, 0.1) is 4.90 Å². The highest BCUT2D eigenvalue weighted by atomic mass is 35.5. The summed E-state index contributed by atoms with van der Waals surface area (Å²) in [7, 11) is -3.50. The second kappa shape index (κ2) is 6.11. The predicted octanol–water partition coefficient (Wildman–Crippen LogP) is 1.63. The van der Waals surface area contributed by atoms with E-state index in [4.69, 9.17) is 11.6 Å². The van der Waals surface area contributed by atoms with Gasteiger partial charge in [-0.2, -0.15) is 4.31 Å². The first-order chi connectivity index (χ1) is 9.39. The molecule has 7 heteroatoms. The molecule has 110 valence electrons. The molecule has 1 aromatic carbocycles. The molecule has 0 aliphatic carbocycles. The zero-order valence-electron chi connectivity index (χ0n) is 11.2. The number of carbonyl (C=O) groups is 1. The standard InChI is InChI=1S/C13H17ClN2O3S/c1-10(17)15-12-5-7-16(8-6-12)20(18,19)13-4-2-3-11(14)9-13/h2-4,9,12H,5-8H2,1H3,(H,15,17). The maximum absolute atomic E-state index is 12.4. The molecule has 1 aliphatic rings. The van der Waals surface area contributed by atoms with Crippen molar-refractivity contribution in [2.45, 2.75) is 30.7 Å². The van der Waals surface area contributed by atoms with E-state index >= 15 is 0 Å². The van der Waals surface area contributed by atoms with Crippen molar-refractivity contribution in [3.05, 3.63) is 29.3 Å². The average Bonchev–Trinajstić information content (AvgIpc) is 2.38. The fraction of sp³-hybridized carbons (Fsp3) is 0.462. The molecule has 5 nitrogen and oxygen atoms in total. The maximum atomic E-state index is 12.4. The van der Waals surface area contributed by atoms with Crippen molar-refractivity contribution < 1.29 is 13.2 Å². The zero-order chi connectivity index (χ0) is 14.8. The number of hydrogen-bond acceptors (Lipinski definition) is 3. The summed E-state index contributed by atoms with van der Waals surface area (Å²) in [6.45, 7) is 2.27. The Morgan fingerprint density at radius 2 is 2.00 bits per heavy atom. The monoisotopic (exact) mass is 316 g/mol. The van der Waals surface area contributed by atoms with Crippen LogP contribution in [-0.4, -0.2) is 37.8 Å². The molecule has 1 N–H and O–H groups in total. The molecule has 0 unspecified atom stereocenters. The first-order valence-corrected chi connectivity index (χ1v) is 8.24. The summed E-state index contributed by atoms with van der Waals surface area (Å²) < 4.78 is 26.3. The summed E-state index contributed by atoms with van der Waals surface area (Å²) in [6, 6.07) is 6.32. The maximum Gasteiger partial charge on any atom is 0.243 e. The SMILES string of the molecule is CC(=O)NC1CCN(S(=O)(=O)c2cccc(Cl)c2)CC1. The van der Waals surface area contributed by atoms with Crippen LogP contribution in [0.25, 0.3) is 0 Å². The Hall–Kier alpha value is -1.11. The molecule has 0 radical (unpaired) electrons. The topological polar surface area (TPSA) is 66.5 Å². The molecule has 1 aliphatic heterocycles. The smallest absolute Gasteiger partial charge is 0.243 e. The molecule has 2 rings (SSSR count). The Balaban J connectivity index is 2.08. The molecule has 1 saturated heterocycles. The van der Waals surface area contributed by atoms with E-state index in [1.165, 1.54) is 17.3 Å². The third kappa shape index (κ3) is 3.50. The van der Waals surface area contributed by atoms with Crippen LogP contribution in [0.4, 0.5) is 0 Å². The van der Waals surface area contributed by atoms with Crippen LogP contribution in [-0.2, 0) is 14.8 Å². The Bertz CT molecular complexity index is 595. The van der Waals surface area contributed by atoms with Gasteiger partial charge in [0.2, 0.25) is 15.9 Å². The normalized spacial score (nSPS) is 17.9. The van der Waals surface area contributed by atoms with Gasteiger partial charge < -0.3 is 5.32 Å². The number of sulfonamides is 1. The minimum Gasteiger partial charge on any atom is -0.354 e. The molecule has 0 aromatic heterocycles. The van der Waals surface area contributed by atoms with E-state index in [0.717, 1.165) is 0 Å². The van der Waals surface area contributed by atoms with Gasteiger partial charge in [-0.05, 0) is 31.0 Å². The van der Waals surface area contributed by atoms with E-state index in [1.807, 2.05) is 0 Å².